The summed E-state index contributed by atoms with van der Waals surface area (Å²) < 4.78 is 33.6. The molecule has 1 aliphatic rings. The Morgan fingerprint density at radius 2 is 1.69 bits per heavy atom. The third-order valence-corrected chi connectivity index (χ3v) is 7.68. The summed E-state index contributed by atoms with van der Waals surface area (Å²) in [6.07, 6.45) is -7.88. The van der Waals surface area contributed by atoms with E-state index in [1.165, 1.54) is 38.4 Å². The Bertz CT molecular complexity index is 1670. The number of carbonyl (C=O) groups excluding carboxylic acids is 1. The first-order valence-electron chi connectivity index (χ1n) is 15.8. The number of methoxy groups -OCH3 is 1. The average Bonchev–Trinajstić information content (AvgIpc) is 3.12. The van der Waals surface area contributed by atoms with E-state index in [1.54, 1.807) is 6.92 Å². The van der Waals surface area contributed by atoms with Gasteiger partial charge < -0.3 is 70.3 Å². The topological polar surface area (TPSA) is 253 Å². The Labute approximate surface area is 293 Å². The number of aromatic carboxylic acids is 1. The van der Waals surface area contributed by atoms with Gasteiger partial charge in [0.15, 0.2) is 35.7 Å². The molecule has 276 valence electrons. The summed E-state index contributed by atoms with van der Waals surface area (Å²) in [6, 6.07) is 14.5. The number of hydrogen-bond donors (Lipinski definition) is 8. The molecule has 4 rings (SSSR count). The Kier molecular flexibility index (Phi) is 13.5. The molecule has 1 fully saturated rings. The molecule has 9 N–H and O–H groups in total. The van der Waals surface area contributed by atoms with Gasteiger partial charge >= 0.3 is 11.9 Å². The molecule has 0 bridgehead atoms. The highest BCUT2D eigenvalue weighted by atomic mass is 16.7. The summed E-state index contributed by atoms with van der Waals surface area (Å²) in [6.45, 7) is 1.41. The molecule has 0 spiro atoms. The number of phenolic OH excluding ortho intramolecular Hbond substituents is 1. The van der Waals surface area contributed by atoms with E-state index in [1.807, 2.05) is 30.3 Å². The van der Waals surface area contributed by atoms with Gasteiger partial charge in [0, 0.05) is 32.1 Å². The van der Waals surface area contributed by atoms with E-state index in [0.717, 1.165) is 5.56 Å². The molecule has 51 heavy (non-hydrogen) atoms. The number of ether oxygens (including phenoxy) is 6. The number of rotatable bonds is 16. The lowest BCUT2D eigenvalue weighted by molar-refractivity contribution is -0.277. The smallest absolute Gasteiger partial charge is 0.338 e. The van der Waals surface area contributed by atoms with Gasteiger partial charge in [0.05, 0.1) is 30.5 Å². The van der Waals surface area contributed by atoms with Crippen LogP contribution >= 0.6 is 0 Å². The molecule has 17 nitrogen and oxygen atoms in total. The zero-order valence-corrected chi connectivity index (χ0v) is 28.1. The van der Waals surface area contributed by atoms with Crippen LogP contribution in [0, 0.1) is 0 Å². The highest BCUT2D eigenvalue weighted by Crippen LogP contribution is 2.39. The average molecular weight is 715 g/mol. The Morgan fingerprint density at radius 3 is 2.35 bits per heavy atom. The molecule has 1 aliphatic heterocycles. The third-order valence-electron chi connectivity index (χ3n) is 7.68. The number of benzene rings is 3. The highest BCUT2D eigenvalue weighted by molar-refractivity contribution is 5.95. The number of nitrogens with two attached hydrogens (primary N) is 1. The zero-order chi connectivity index (χ0) is 37.1. The fraction of sp³-hybridized carbons (Fsp3) is 0.382. The van der Waals surface area contributed by atoms with Crippen LogP contribution in [0.5, 0.6) is 28.7 Å². The van der Waals surface area contributed by atoms with E-state index in [2.05, 4.69) is 15.6 Å². The van der Waals surface area contributed by atoms with Crippen molar-refractivity contribution >= 4 is 23.6 Å². The summed E-state index contributed by atoms with van der Waals surface area (Å²) in [4.78, 5) is 28.9. The van der Waals surface area contributed by atoms with E-state index >= 15 is 0 Å². The fourth-order valence-electron chi connectivity index (χ4n) is 4.95. The summed E-state index contributed by atoms with van der Waals surface area (Å²) in [7, 11) is 2.75. The van der Waals surface area contributed by atoms with Crippen molar-refractivity contribution in [1.29, 1.82) is 0 Å². The van der Waals surface area contributed by atoms with Crippen LogP contribution in [-0.4, -0.2) is 115 Å². The van der Waals surface area contributed by atoms with Crippen LogP contribution in [0.25, 0.3) is 0 Å². The molecule has 5 unspecified atom stereocenters. The van der Waals surface area contributed by atoms with Crippen LogP contribution in [0.1, 0.15) is 33.2 Å². The van der Waals surface area contributed by atoms with Crippen molar-refractivity contribution in [2.45, 2.75) is 44.1 Å². The molecule has 1 saturated heterocycles. The molecule has 0 aromatic heterocycles. The summed E-state index contributed by atoms with van der Waals surface area (Å²) in [5.41, 5.74) is 6.58. The van der Waals surface area contributed by atoms with Crippen molar-refractivity contribution in [3.05, 3.63) is 71.3 Å². The predicted molar refractivity (Wildman–Crippen MR) is 182 cm³/mol. The second-order valence-electron chi connectivity index (χ2n) is 11.1. The molecule has 1 heterocycles. The first-order chi connectivity index (χ1) is 24.5. The largest absolute Gasteiger partial charge is 0.502 e. The number of carboxylic acids is 1. The minimum Gasteiger partial charge on any atom is -0.502 e. The summed E-state index contributed by atoms with van der Waals surface area (Å²) in [5, 5.41) is 58.1. The first kappa shape index (κ1) is 38.3. The van der Waals surface area contributed by atoms with Crippen LogP contribution in [-0.2, 0) is 15.9 Å². The summed E-state index contributed by atoms with van der Waals surface area (Å²) in [5.74, 6) is -2.75. The lowest BCUT2D eigenvalue weighted by Gasteiger charge is -2.40. The van der Waals surface area contributed by atoms with E-state index in [-0.39, 0.29) is 64.9 Å². The number of phenols is 1. The monoisotopic (exact) mass is 714 g/mol. The van der Waals surface area contributed by atoms with Crippen LogP contribution in [0.15, 0.2) is 59.6 Å². The van der Waals surface area contributed by atoms with Gasteiger partial charge in [0.2, 0.25) is 12.0 Å². The standard InChI is InChI=1S/C34H42N4O13/c1-4-37-21-15-23(22(14-20(21)31(43)44)49-17-38-34(35)36-2)50-33-30(42)29(41)28(40)26(51-33)16-48-32(45)19-12-24(46-3)27(39)25(13-19)47-11-10-18-8-6-5-7-9-18/h5-9,12-15,26,28-30,33,37,39-42H,4,10-11,16-17H2,1-3H3,(H,43,44)(H3,35,36,38). The van der Waals surface area contributed by atoms with Gasteiger partial charge in [-0.05, 0) is 24.6 Å². The van der Waals surface area contributed by atoms with Crippen molar-refractivity contribution in [1.82, 2.24) is 5.32 Å². The van der Waals surface area contributed by atoms with Gasteiger partial charge in [-0.25, -0.2) is 9.59 Å². The lowest BCUT2D eigenvalue weighted by atomic mass is 9.99. The number of guanidine groups is 1. The molecule has 3 aromatic rings. The van der Waals surface area contributed by atoms with Crippen molar-refractivity contribution in [3.63, 3.8) is 0 Å². The first-order valence-corrected chi connectivity index (χ1v) is 15.8. The molecule has 0 saturated carbocycles. The number of carboxylic acid groups (broad SMARTS) is 1. The molecular weight excluding hydrogens is 672 g/mol. The highest BCUT2D eigenvalue weighted by Gasteiger charge is 2.46. The van der Waals surface area contributed by atoms with Gasteiger partial charge in [0.25, 0.3) is 0 Å². The minimum absolute atomic E-state index is 0.0260. The number of anilines is 1. The van der Waals surface area contributed by atoms with Gasteiger partial charge in [-0.2, -0.15) is 0 Å². The molecule has 17 heteroatoms. The number of aliphatic hydroxyl groups is 3. The quantitative estimate of drug-likeness (QED) is 0.0447. The number of nitrogens with one attached hydrogen (secondary N) is 2. The Morgan fingerprint density at radius 1 is 0.961 bits per heavy atom. The van der Waals surface area contributed by atoms with Crippen LogP contribution in [0.3, 0.4) is 0 Å². The van der Waals surface area contributed by atoms with E-state index < -0.39 is 49.3 Å². The van der Waals surface area contributed by atoms with Crippen LogP contribution in [0.2, 0.25) is 0 Å². The van der Waals surface area contributed by atoms with Crippen molar-refractivity contribution < 1.29 is 63.5 Å². The number of aliphatic imine (C=N–C) groups is 1. The maximum absolute atomic E-state index is 13.2. The molecule has 5 atom stereocenters. The third kappa shape index (κ3) is 9.82. The fourth-order valence-corrected chi connectivity index (χ4v) is 4.95. The second kappa shape index (κ2) is 18.0. The van der Waals surface area contributed by atoms with Gasteiger partial charge in [0.1, 0.15) is 31.0 Å². The van der Waals surface area contributed by atoms with E-state index in [4.69, 9.17) is 34.2 Å². The SMILES string of the molecule is CCNc1cc(OC2OC(COC(=O)c3cc(OC)c(O)c(OCCc4ccccc4)c3)C(O)C(O)C2O)c(OCNC(N)=NC)cc1C(=O)O. The number of hydrogen-bond acceptors (Lipinski definition) is 14. The molecular formula is C34H42N4O13. The zero-order valence-electron chi connectivity index (χ0n) is 28.1. The van der Waals surface area contributed by atoms with Crippen molar-refractivity contribution in [3.8, 4) is 28.7 Å². The maximum Gasteiger partial charge on any atom is 0.338 e. The Hall–Kier alpha value is -5.49. The molecule has 0 amide bonds. The molecule has 0 aliphatic carbocycles. The number of aromatic hydroxyl groups is 1. The van der Waals surface area contributed by atoms with Gasteiger partial charge in [-0.1, -0.05) is 30.3 Å². The van der Waals surface area contributed by atoms with Crippen LogP contribution < -0.4 is 35.3 Å². The normalized spacial score (nSPS) is 20.2. The van der Waals surface area contributed by atoms with Crippen LogP contribution in [0.4, 0.5) is 5.69 Å². The molecule has 0 radical (unpaired) electrons. The number of esters is 1. The van der Waals surface area contributed by atoms with E-state index in [9.17, 15) is 35.1 Å². The maximum atomic E-state index is 13.2. The number of carbonyl (C=O) groups is 2. The van der Waals surface area contributed by atoms with Crippen molar-refractivity contribution in [2.75, 3.05) is 46.0 Å². The van der Waals surface area contributed by atoms with Crippen molar-refractivity contribution in [2.24, 2.45) is 10.7 Å². The summed E-state index contributed by atoms with van der Waals surface area (Å²) >= 11 is 0. The van der Waals surface area contributed by atoms with Gasteiger partial charge in [-0.15, -0.1) is 0 Å². The van der Waals surface area contributed by atoms with Gasteiger partial charge in [-0.3, -0.25) is 4.99 Å². The second-order valence-corrected chi connectivity index (χ2v) is 11.1. The Balaban J connectivity index is 1.50. The lowest BCUT2D eigenvalue weighted by Crippen LogP contribution is -2.60. The minimum atomic E-state index is -1.82. The predicted octanol–water partition coefficient (Wildman–Crippen LogP) is 1.07. The number of aliphatic hydroxyl groups excluding tert-OH is 3. The number of nitrogens with zero attached hydrogens (tertiary/aromatic N) is 1. The van der Waals surface area contributed by atoms with E-state index in [0.29, 0.717) is 13.0 Å². The molecule has 3 aromatic carbocycles.